The van der Waals surface area contributed by atoms with Crippen molar-refractivity contribution in [2.75, 3.05) is 13.7 Å². The quantitative estimate of drug-likeness (QED) is 0.766. The van der Waals surface area contributed by atoms with Gasteiger partial charge < -0.3 is 10.8 Å². The van der Waals surface area contributed by atoms with Crippen LogP contribution in [-0.2, 0) is 0 Å². The largest absolute Gasteiger partial charge is 0.395 e. The maximum absolute atomic E-state index is 9.67. The minimum atomic E-state index is 0.0779. The minimum absolute atomic E-state index is 0.0779. The van der Waals surface area contributed by atoms with Crippen molar-refractivity contribution in [1.82, 2.24) is 4.90 Å². The van der Waals surface area contributed by atoms with Gasteiger partial charge in [0, 0.05) is 18.1 Å². The van der Waals surface area contributed by atoms with Crippen LogP contribution in [0.2, 0.25) is 0 Å². The summed E-state index contributed by atoms with van der Waals surface area (Å²) in [6, 6.07) is 0.779. The van der Waals surface area contributed by atoms with Gasteiger partial charge in [0.05, 0.1) is 6.61 Å². The first-order valence-corrected chi connectivity index (χ1v) is 7.55. The lowest BCUT2D eigenvalue weighted by Gasteiger charge is -2.42. The van der Waals surface area contributed by atoms with Crippen molar-refractivity contribution in [2.24, 2.45) is 17.6 Å². The second-order valence-electron chi connectivity index (χ2n) is 6.54. The molecular formula is C15H32N2O. The zero-order valence-electron chi connectivity index (χ0n) is 12.6. The number of aliphatic hydroxyl groups is 1. The van der Waals surface area contributed by atoms with E-state index in [1.807, 2.05) is 0 Å². The van der Waals surface area contributed by atoms with E-state index in [0.717, 1.165) is 12.3 Å². The maximum atomic E-state index is 9.67. The first kappa shape index (κ1) is 15.9. The molecule has 3 N–H and O–H groups in total. The fourth-order valence-corrected chi connectivity index (χ4v) is 3.42. The molecule has 3 nitrogen and oxygen atoms in total. The number of likely N-dealkylation sites (N-methyl/N-ethyl adjacent to an activating group) is 1. The van der Waals surface area contributed by atoms with Crippen LogP contribution in [0.1, 0.15) is 52.9 Å². The van der Waals surface area contributed by atoms with E-state index < -0.39 is 0 Å². The average Bonchev–Trinajstić information content (AvgIpc) is 2.29. The van der Waals surface area contributed by atoms with Gasteiger partial charge in [-0.05, 0) is 38.1 Å². The monoisotopic (exact) mass is 256 g/mol. The predicted molar refractivity (Wildman–Crippen MR) is 77.5 cm³/mol. The summed E-state index contributed by atoms with van der Waals surface area (Å²) in [4.78, 5) is 2.36. The number of nitrogens with two attached hydrogens (primary N) is 1. The van der Waals surface area contributed by atoms with Crippen molar-refractivity contribution >= 4 is 0 Å². The lowest BCUT2D eigenvalue weighted by Crippen LogP contribution is -2.54. The van der Waals surface area contributed by atoms with E-state index in [-0.39, 0.29) is 18.7 Å². The Bertz CT molecular complexity index is 233. The van der Waals surface area contributed by atoms with E-state index in [0.29, 0.717) is 12.0 Å². The van der Waals surface area contributed by atoms with Crippen LogP contribution in [0.3, 0.4) is 0 Å². The highest BCUT2D eigenvalue weighted by atomic mass is 16.3. The van der Waals surface area contributed by atoms with E-state index in [1.54, 1.807) is 0 Å². The van der Waals surface area contributed by atoms with Crippen molar-refractivity contribution in [3.8, 4) is 0 Å². The molecule has 0 saturated heterocycles. The molecule has 1 saturated carbocycles. The number of rotatable bonds is 6. The first-order valence-electron chi connectivity index (χ1n) is 7.55. The number of nitrogens with zero attached hydrogens (tertiary/aromatic N) is 1. The van der Waals surface area contributed by atoms with Gasteiger partial charge in [0.15, 0.2) is 0 Å². The topological polar surface area (TPSA) is 49.5 Å². The average molecular weight is 256 g/mol. The summed E-state index contributed by atoms with van der Waals surface area (Å²) in [6.45, 7) is 6.89. The zero-order valence-corrected chi connectivity index (χ0v) is 12.6. The highest BCUT2D eigenvalue weighted by molar-refractivity contribution is 4.88. The van der Waals surface area contributed by atoms with Gasteiger partial charge in [0.25, 0.3) is 0 Å². The molecule has 18 heavy (non-hydrogen) atoms. The van der Waals surface area contributed by atoms with Gasteiger partial charge in [-0.15, -0.1) is 0 Å². The molecule has 0 aromatic carbocycles. The molecule has 1 fully saturated rings. The molecule has 1 aliphatic carbocycles. The Hall–Kier alpha value is -0.120. The van der Waals surface area contributed by atoms with Crippen LogP contribution < -0.4 is 5.73 Å². The summed E-state index contributed by atoms with van der Waals surface area (Å²) >= 11 is 0. The van der Waals surface area contributed by atoms with Crippen molar-refractivity contribution in [3.63, 3.8) is 0 Å². The number of hydrogen-bond donors (Lipinski definition) is 2. The molecule has 4 unspecified atom stereocenters. The smallest absolute Gasteiger partial charge is 0.0601 e. The molecule has 0 amide bonds. The Balaban J connectivity index is 2.62. The summed E-state index contributed by atoms with van der Waals surface area (Å²) in [6.07, 6.45) is 6.22. The summed E-state index contributed by atoms with van der Waals surface area (Å²) in [5.74, 6) is 1.32. The number of aliphatic hydroxyl groups excluding tert-OH is 1. The van der Waals surface area contributed by atoms with Gasteiger partial charge in [-0.2, -0.15) is 0 Å². The van der Waals surface area contributed by atoms with Gasteiger partial charge >= 0.3 is 0 Å². The second kappa shape index (κ2) is 7.46. The summed E-state index contributed by atoms with van der Waals surface area (Å²) < 4.78 is 0. The third kappa shape index (κ3) is 4.22. The fraction of sp³-hybridized carbons (Fsp3) is 1.00. The molecule has 0 bridgehead atoms. The minimum Gasteiger partial charge on any atom is -0.395 e. The maximum Gasteiger partial charge on any atom is 0.0601 e. The Morgan fingerprint density at radius 1 is 1.28 bits per heavy atom. The Morgan fingerprint density at radius 2 is 1.89 bits per heavy atom. The molecule has 1 rings (SSSR count). The van der Waals surface area contributed by atoms with Crippen LogP contribution in [0.25, 0.3) is 0 Å². The SMILES string of the molecule is CC(C)CC(N)C(CO)N(C)C1CCCCC1C. The Kier molecular flexibility index (Phi) is 6.61. The van der Waals surface area contributed by atoms with Crippen LogP contribution in [0.15, 0.2) is 0 Å². The highest BCUT2D eigenvalue weighted by Gasteiger charge is 2.31. The third-order valence-corrected chi connectivity index (χ3v) is 4.54. The van der Waals surface area contributed by atoms with Crippen LogP contribution in [-0.4, -0.2) is 41.8 Å². The molecular weight excluding hydrogens is 224 g/mol. The van der Waals surface area contributed by atoms with Crippen molar-refractivity contribution in [1.29, 1.82) is 0 Å². The van der Waals surface area contributed by atoms with Gasteiger partial charge in [-0.1, -0.05) is 33.6 Å². The van der Waals surface area contributed by atoms with E-state index in [4.69, 9.17) is 5.73 Å². The molecule has 1 aliphatic rings. The molecule has 4 atom stereocenters. The fourth-order valence-electron chi connectivity index (χ4n) is 3.42. The summed E-state index contributed by atoms with van der Waals surface area (Å²) in [7, 11) is 2.15. The van der Waals surface area contributed by atoms with Gasteiger partial charge in [-0.25, -0.2) is 0 Å². The normalized spacial score (nSPS) is 28.7. The molecule has 0 aromatic rings. The zero-order chi connectivity index (χ0) is 13.7. The molecule has 108 valence electrons. The summed E-state index contributed by atoms with van der Waals surface area (Å²) in [5.41, 5.74) is 6.28. The van der Waals surface area contributed by atoms with Gasteiger partial charge in [0.2, 0.25) is 0 Å². The molecule has 0 radical (unpaired) electrons. The molecule has 0 heterocycles. The van der Waals surface area contributed by atoms with Crippen molar-refractivity contribution < 1.29 is 5.11 Å². The summed E-state index contributed by atoms with van der Waals surface area (Å²) in [5, 5.41) is 9.67. The second-order valence-corrected chi connectivity index (χ2v) is 6.54. The highest BCUT2D eigenvalue weighted by Crippen LogP contribution is 2.29. The van der Waals surface area contributed by atoms with Crippen LogP contribution in [0.5, 0.6) is 0 Å². The van der Waals surface area contributed by atoms with Gasteiger partial charge in [-0.3, -0.25) is 4.90 Å². The van der Waals surface area contributed by atoms with Crippen LogP contribution in [0, 0.1) is 11.8 Å². The van der Waals surface area contributed by atoms with E-state index >= 15 is 0 Å². The third-order valence-electron chi connectivity index (χ3n) is 4.54. The Morgan fingerprint density at radius 3 is 2.39 bits per heavy atom. The van der Waals surface area contributed by atoms with Crippen LogP contribution >= 0.6 is 0 Å². The first-order chi connectivity index (χ1) is 8.47. The molecule has 3 heteroatoms. The van der Waals surface area contributed by atoms with Gasteiger partial charge in [0.1, 0.15) is 0 Å². The van der Waals surface area contributed by atoms with E-state index in [1.165, 1.54) is 25.7 Å². The molecule has 0 aromatic heterocycles. The van der Waals surface area contributed by atoms with Crippen LogP contribution in [0.4, 0.5) is 0 Å². The lowest BCUT2D eigenvalue weighted by molar-refractivity contribution is 0.0467. The van der Waals surface area contributed by atoms with Crippen molar-refractivity contribution in [2.45, 2.75) is 71.0 Å². The predicted octanol–water partition coefficient (Wildman–Crippen LogP) is 2.23. The van der Waals surface area contributed by atoms with E-state index in [9.17, 15) is 5.11 Å². The van der Waals surface area contributed by atoms with Crippen molar-refractivity contribution in [3.05, 3.63) is 0 Å². The molecule has 0 spiro atoms. The lowest BCUT2D eigenvalue weighted by atomic mass is 9.83. The number of hydrogen-bond acceptors (Lipinski definition) is 3. The van der Waals surface area contributed by atoms with E-state index in [2.05, 4.69) is 32.7 Å². The molecule has 0 aliphatic heterocycles. The Labute approximate surface area is 113 Å². The standard InChI is InChI=1S/C15H32N2O/c1-11(2)9-13(16)15(10-18)17(4)14-8-6-5-7-12(14)3/h11-15,18H,5-10,16H2,1-4H3.